The molecule has 7 heteroatoms. The summed E-state index contributed by atoms with van der Waals surface area (Å²) < 4.78 is 10.8. The normalized spacial score (nSPS) is 30.0. The Bertz CT molecular complexity index is 724. The lowest BCUT2D eigenvalue weighted by molar-refractivity contribution is -0.114. The van der Waals surface area contributed by atoms with Crippen LogP contribution in [0.4, 0.5) is 0 Å². The summed E-state index contributed by atoms with van der Waals surface area (Å²) in [6.45, 7) is 1.71. The molecule has 0 aromatic heterocycles. The number of aliphatic hydroxyl groups is 1. The number of cyclic esters (lactones) is 1. The van der Waals surface area contributed by atoms with Crippen LogP contribution < -0.4 is 0 Å². The third kappa shape index (κ3) is 4.18. The van der Waals surface area contributed by atoms with Crippen molar-refractivity contribution in [3.63, 3.8) is 0 Å². The highest BCUT2D eigenvalue weighted by Crippen LogP contribution is 2.33. The minimum atomic E-state index is -0.809. The standard InChI is InChI=1S/C18H20O7/c1-9-4-15-16(25-15)8-12(20)3-2-11(19)5-10-6-13(21)7-14(22)17(10)18(23)24-9/h2-3,6-7,9,12,15-16,20-22H,4-5,8H2,1H3/t9-,12-,15-,16-/m1/s1. The van der Waals surface area contributed by atoms with Crippen molar-refractivity contribution in [2.45, 2.75) is 50.6 Å². The van der Waals surface area contributed by atoms with E-state index in [1.54, 1.807) is 6.92 Å². The van der Waals surface area contributed by atoms with Gasteiger partial charge in [-0.1, -0.05) is 6.08 Å². The maximum Gasteiger partial charge on any atom is 0.342 e. The molecule has 1 fully saturated rings. The first-order valence-corrected chi connectivity index (χ1v) is 8.14. The molecule has 0 aliphatic carbocycles. The molecule has 134 valence electrons. The summed E-state index contributed by atoms with van der Waals surface area (Å²) in [7, 11) is 0. The van der Waals surface area contributed by atoms with Gasteiger partial charge >= 0.3 is 5.97 Å². The molecule has 7 nitrogen and oxygen atoms in total. The van der Waals surface area contributed by atoms with Crippen molar-refractivity contribution in [1.82, 2.24) is 0 Å². The Morgan fingerprint density at radius 1 is 1.12 bits per heavy atom. The number of rotatable bonds is 0. The fraction of sp³-hybridized carbons (Fsp3) is 0.444. The number of esters is 1. The maximum absolute atomic E-state index is 12.4. The molecule has 0 spiro atoms. The molecule has 0 radical (unpaired) electrons. The highest BCUT2D eigenvalue weighted by molar-refractivity contribution is 5.98. The van der Waals surface area contributed by atoms with Crippen LogP contribution in [0.15, 0.2) is 24.3 Å². The van der Waals surface area contributed by atoms with E-state index < -0.39 is 23.9 Å². The van der Waals surface area contributed by atoms with E-state index in [9.17, 15) is 24.9 Å². The van der Waals surface area contributed by atoms with E-state index in [1.807, 2.05) is 0 Å². The number of hydrogen-bond acceptors (Lipinski definition) is 7. The second-order valence-electron chi connectivity index (χ2n) is 6.47. The molecular formula is C18H20O7. The smallest absolute Gasteiger partial charge is 0.342 e. The highest BCUT2D eigenvalue weighted by atomic mass is 16.6. The lowest BCUT2D eigenvalue weighted by atomic mass is 9.99. The van der Waals surface area contributed by atoms with Crippen molar-refractivity contribution in [3.05, 3.63) is 35.4 Å². The van der Waals surface area contributed by atoms with Crippen LogP contribution in [0.2, 0.25) is 0 Å². The Balaban J connectivity index is 1.94. The largest absolute Gasteiger partial charge is 0.508 e. The van der Waals surface area contributed by atoms with Crippen LogP contribution in [0.3, 0.4) is 0 Å². The summed E-state index contributed by atoms with van der Waals surface area (Å²) in [6.07, 6.45) is 1.73. The second-order valence-corrected chi connectivity index (χ2v) is 6.47. The van der Waals surface area contributed by atoms with Gasteiger partial charge in [0.05, 0.1) is 18.3 Å². The van der Waals surface area contributed by atoms with Gasteiger partial charge in [-0.2, -0.15) is 0 Å². The zero-order chi connectivity index (χ0) is 18.1. The van der Waals surface area contributed by atoms with Crippen molar-refractivity contribution in [2.75, 3.05) is 0 Å². The highest BCUT2D eigenvalue weighted by Gasteiger charge is 2.41. The van der Waals surface area contributed by atoms with Crippen LogP contribution >= 0.6 is 0 Å². The van der Waals surface area contributed by atoms with E-state index in [2.05, 4.69) is 0 Å². The Kier molecular flexibility index (Phi) is 4.78. The Morgan fingerprint density at radius 3 is 2.60 bits per heavy atom. The number of hydrogen-bond donors (Lipinski definition) is 3. The van der Waals surface area contributed by atoms with E-state index in [0.717, 1.165) is 6.07 Å². The summed E-state index contributed by atoms with van der Waals surface area (Å²) in [5.41, 5.74) is 0.0220. The monoisotopic (exact) mass is 348 g/mol. The molecule has 3 rings (SSSR count). The fourth-order valence-electron chi connectivity index (χ4n) is 3.04. The average molecular weight is 348 g/mol. The number of ether oxygens (including phenoxy) is 2. The number of epoxide rings is 1. The molecule has 0 saturated carbocycles. The van der Waals surface area contributed by atoms with Crippen LogP contribution in [0.1, 0.15) is 35.7 Å². The van der Waals surface area contributed by atoms with E-state index in [4.69, 9.17) is 9.47 Å². The molecule has 0 unspecified atom stereocenters. The average Bonchev–Trinajstić information content (AvgIpc) is 3.20. The van der Waals surface area contributed by atoms with Gasteiger partial charge in [-0.25, -0.2) is 4.79 Å². The quantitative estimate of drug-likeness (QED) is 0.477. The van der Waals surface area contributed by atoms with Crippen molar-refractivity contribution in [3.8, 4) is 11.5 Å². The summed E-state index contributed by atoms with van der Waals surface area (Å²) >= 11 is 0. The number of phenols is 2. The molecule has 2 aliphatic rings. The fourth-order valence-corrected chi connectivity index (χ4v) is 3.04. The summed E-state index contributed by atoms with van der Waals surface area (Å²) in [4.78, 5) is 24.5. The Hall–Kier alpha value is -2.38. The van der Waals surface area contributed by atoms with Crippen molar-refractivity contribution >= 4 is 11.8 Å². The second kappa shape index (κ2) is 6.85. The van der Waals surface area contributed by atoms with Crippen LogP contribution in [0.25, 0.3) is 0 Å². The van der Waals surface area contributed by atoms with Crippen LogP contribution in [-0.4, -0.2) is 51.5 Å². The number of benzene rings is 1. The van der Waals surface area contributed by atoms with Crippen molar-refractivity contribution < 1.29 is 34.4 Å². The number of aliphatic hydroxyl groups excluding tert-OH is 1. The molecule has 2 heterocycles. The van der Waals surface area contributed by atoms with E-state index >= 15 is 0 Å². The first-order chi connectivity index (χ1) is 11.8. The third-order valence-corrected chi connectivity index (χ3v) is 4.29. The van der Waals surface area contributed by atoms with Crippen LogP contribution in [0, 0.1) is 0 Å². The molecule has 1 saturated heterocycles. The number of carbonyl (C=O) groups is 2. The van der Waals surface area contributed by atoms with Crippen LogP contribution in [-0.2, 0) is 20.7 Å². The third-order valence-electron chi connectivity index (χ3n) is 4.29. The van der Waals surface area contributed by atoms with Gasteiger partial charge in [0, 0.05) is 25.3 Å². The van der Waals surface area contributed by atoms with Gasteiger partial charge in [0.25, 0.3) is 0 Å². The van der Waals surface area contributed by atoms with Gasteiger partial charge in [-0.05, 0) is 24.6 Å². The lowest BCUT2D eigenvalue weighted by Gasteiger charge is -2.16. The minimum Gasteiger partial charge on any atom is -0.508 e. The minimum absolute atomic E-state index is 0.114. The van der Waals surface area contributed by atoms with Gasteiger partial charge in [-0.15, -0.1) is 0 Å². The SMILES string of the molecule is C[C@@H]1C[C@H]2O[C@@H]2C[C@H](O)C=CC(=O)Cc2cc(O)cc(O)c2C(=O)O1. The molecule has 0 amide bonds. The number of allylic oxidation sites excluding steroid dienone is 1. The van der Waals surface area contributed by atoms with E-state index in [-0.39, 0.29) is 41.3 Å². The van der Waals surface area contributed by atoms with Gasteiger partial charge in [0.1, 0.15) is 23.2 Å². The van der Waals surface area contributed by atoms with Gasteiger partial charge < -0.3 is 24.8 Å². The molecular weight excluding hydrogens is 328 g/mol. The van der Waals surface area contributed by atoms with Crippen LogP contribution in [0.5, 0.6) is 11.5 Å². The Labute approximate surface area is 144 Å². The number of aromatic hydroxyl groups is 2. The number of carbonyl (C=O) groups excluding carboxylic acids is 2. The predicted molar refractivity (Wildman–Crippen MR) is 86.4 cm³/mol. The molecule has 0 bridgehead atoms. The first kappa shape index (κ1) is 17.4. The zero-order valence-corrected chi connectivity index (χ0v) is 13.7. The number of fused-ring (bicyclic) bond motifs is 2. The topological polar surface area (TPSA) is 117 Å². The molecule has 2 aliphatic heterocycles. The molecule has 3 N–H and O–H groups in total. The summed E-state index contributed by atoms with van der Waals surface area (Å²) in [6, 6.07) is 2.27. The molecule has 25 heavy (non-hydrogen) atoms. The number of phenolic OH excluding ortho intramolecular Hbond substituents is 2. The van der Waals surface area contributed by atoms with Gasteiger partial charge in [-0.3, -0.25) is 4.79 Å². The van der Waals surface area contributed by atoms with Crippen molar-refractivity contribution in [2.24, 2.45) is 0 Å². The van der Waals surface area contributed by atoms with Crippen molar-refractivity contribution in [1.29, 1.82) is 0 Å². The predicted octanol–water partition coefficient (Wildman–Crippen LogP) is 1.23. The Morgan fingerprint density at radius 2 is 1.84 bits per heavy atom. The number of ketones is 1. The first-order valence-electron chi connectivity index (χ1n) is 8.14. The summed E-state index contributed by atoms with van der Waals surface area (Å²) in [5, 5.41) is 29.6. The van der Waals surface area contributed by atoms with Gasteiger partial charge in [0.15, 0.2) is 5.78 Å². The van der Waals surface area contributed by atoms with Gasteiger partial charge in [0.2, 0.25) is 0 Å². The van der Waals surface area contributed by atoms with E-state index in [0.29, 0.717) is 12.8 Å². The van der Waals surface area contributed by atoms with E-state index in [1.165, 1.54) is 18.2 Å². The molecule has 4 atom stereocenters. The molecule has 1 aromatic rings. The maximum atomic E-state index is 12.4. The lowest BCUT2D eigenvalue weighted by Crippen LogP contribution is -2.20. The molecule has 1 aromatic carbocycles. The summed E-state index contributed by atoms with van der Waals surface area (Å²) in [5.74, 6) is -1.84. The zero-order valence-electron chi connectivity index (χ0n) is 13.7.